The van der Waals surface area contributed by atoms with Gasteiger partial charge >= 0.3 is 0 Å². The van der Waals surface area contributed by atoms with Gasteiger partial charge in [0.05, 0.1) is 6.42 Å². The van der Waals surface area contributed by atoms with E-state index >= 15 is 0 Å². The summed E-state index contributed by atoms with van der Waals surface area (Å²) in [5.41, 5.74) is 1.93. The van der Waals surface area contributed by atoms with Gasteiger partial charge in [0.25, 0.3) is 0 Å². The molecule has 25 heavy (non-hydrogen) atoms. The summed E-state index contributed by atoms with van der Waals surface area (Å²) in [4.78, 5) is 28.1. The molecule has 136 valence electrons. The molecule has 2 saturated heterocycles. The molecule has 1 N–H and O–H groups in total. The summed E-state index contributed by atoms with van der Waals surface area (Å²) in [7, 11) is 0. The van der Waals surface area contributed by atoms with Crippen LogP contribution in [-0.4, -0.2) is 49.4 Å². The summed E-state index contributed by atoms with van der Waals surface area (Å²) in [6.07, 6.45) is 6.97. The van der Waals surface area contributed by atoms with Gasteiger partial charge in [0.1, 0.15) is 0 Å². The van der Waals surface area contributed by atoms with Crippen LogP contribution in [0.25, 0.3) is 0 Å². The fourth-order valence-electron chi connectivity index (χ4n) is 3.68. The van der Waals surface area contributed by atoms with Gasteiger partial charge in [0.2, 0.25) is 11.8 Å². The molecule has 0 radical (unpaired) electrons. The minimum atomic E-state index is 0.0728. The lowest BCUT2D eigenvalue weighted by Crippen LogP contribution is -2.33. The molecule has 5 nitrogen and oxygen atoms in total. The molecule has 0 bridgehead atoms. The van der Waals surface area contributed by atoms with Crippen LogP contribution in [0.1, 0.15) is 44.1 Å². The Morgan fingerprint density at radius 2 is 1.76 bits per heavy atom. The van der Waals surface area contributed by atoms with Crippen molar-refractivity contribution in [3.8, 4) is 0 Å². The highest BCUT2D eigenvalue weighted by Crippen LogP contribution is 2.21. The Labute approximate surface area is 150 Å². The SMILES string of the molecule is O=C(Cc1ccc(N2CCCC2=O)cc1)NCCCN1CCCCC1. The lowest BCUT2D eigenvalue weighted by atomic mass is 10.1. The highest BCUT2D eigenvalue weighted by atomic mass is 16.2. The van der Waals surface area contributed by atoms with E-state index in [1.54, 1.807) is 0 Å². The number of carbonyl (C=O) groups is 2. The molecule has 2 fully saturated rings. The summed E-state index contributed by atoms with van der Waals surface area (Å²) in [5, 5.41) is 3.02. The van der Waals surface area contributed by atoms with Crippen LogP contribution in [0.3, 0.4) is 0 Å². The zero-order chi connectivity index (χ0) is 17.5. The number of rotatable bonds is 7. The fraction of sp³-hybridized carbons (Fsp3) is 0.600. The Kier molecular flexibility index (Phi) is 6.45. The van der Waals surface area contributed by atoms with Crippen LogP contribution in [0, 0.1) is 0 Å². The maximum atomic E-state index is 12.1. The van der Waals surface area contributed by atoms with E-state index in [2.05, 4.69) is 10.2 Å². The number of carbonyl (C=O) groups excluding carboxylic acids is 2. The molecule has 2 heterocycles. The van der Waals surface area contributed by atoms with Gasteiger partial charge in [-0.2, -0.15) is 0 Å². The largest absolute Gasteiger partial charge is 0.356 e. The quantitative estimate of drug-likeness (QED) is 0.773. The minimum absolute atomic E-state index is 0.0728. The molecular formula is C20H29N3O2. The van der Waals surface area contributed by atoms with Crippen molar-refractivity contribution in [3.63, 3.8) is 0 Å². The maximum Gasteiger partial charge on any atom is 0.227 e. The zero-order valence-corrected chi connectivity index (χ0v) is 15.0. The summed E-state index contributed by atoms with van der Waals surface area (Å²) in [6.45, 7) is 5.05. The van der Waals surface area contributed by atoms with E-state index in [1.807, 2.05) is 29.2 Å². The highest BCUT2D eigenvalue weighted by Gasteiger charge is 2.21. The summed E-state index contributed by atoms with van der Waals surface area (Å²) in [6, 6.07) is 7.80. The van der Waals surface area contributed by atoms with Crippen molar-refractivity contribution in [3.05, 3.63) is 29.8 Å². The second kappa shape index (κ2) is 8.99. The van der Waals surface area contributed by atoms with Gasteiger partial charge in [-0.05, 0) is 63.0 Å². The topological polar surface area (TPSA) is 52.7 Å². The predicted molar refractivity (Wildman–Crippen MR) is 99.7 cm³/mol. The Bertz CT molecular complexity index is 579. The fourth-order valence-corrected chi connectivity index (χ4v) is 3.68. The van der Waals surface area contributed by atoms with Gasteiger partial charge in [-0.1, -0.05) is 18.6 Å². The monoisotopic (exact) mass is 343 g/mol. The molecule has 1 aromatic carbocycles. The number of anilines is 1. The molecule has 0 aromatic heterocycles. The summed E-state index contributed by atoms with van der Waals surface area (Å²) in [5.74, 6) is 0.267. The lowest BCUT2D eigenvalue weighted by molar-refractivity contribution is -0.120. The van der Waals surface area contributed by atoms with E-state index in [9.17, 15) is 9.59 Å². The lowest BCUT2D eigenvalue weighted by Gasteiger charge is -2.26. The third-order valence-electron chi connectivity index (χ3n) is 5.11. The molecule has 0 spiro atoms. The van der Waals surface area contributed by atoms with E-state index in [-0.39, 0.29) is 11.8 Å². The Morgan fingerprint density at radius 1 is 1.00 bits per heavy atom. The van der Waals surface area contributed by atoms with E-state index in [0.29, 0.717) is 12.8 Å². The Hall–Kier alpha value is -1.88. The smallest absolute Gasteiger partial charge is 0.227 e. The summed E-state index contributed by atoms with van der Waals surface area (Å²) < 4.78 is 0. The van der Waals surface area contributed by atoms with E-state index < -0.39 is 0 Å². The van der Waals surface area contributed by atoms with Crippen LogP contribution in [0.5, 0.6) is 0 Å². The molecular weight excluding hydrogens is 314 g/mol. The number of hydrogen-bond acceptors (Lipinski definition) is 3. The first-order valence-electron chi connectivity index (χ1n) is 9.61. The van der Waals surface area contributed by atoms with Crippen LogP contribution >= 0.6 is 0 Å². The van der Waals surface area contributed by atoms with Crippen LogP contribution < -0.4 is 10.2 Å². The van der Waals surface area contributed by atoms with Gasteiger partial charge in [-0.25, -0.2) is 0 Å². The summed E-state index contributed by atoms with van der Waals surface area (Å²) >= 11 is 0. The first-order chi connectivity index (χ1) is 12.2. The molecule has 0 aliphatic carbocycles. The maximum absolute atomic E-state index is 12.1. The van der Waals surface area contributed by atoms with Gasteiger partial charge in [0.15, 0.2) is 0 Å². The van der Waals surface area contributed by atoms with Gasteiger partial charge in [-0.3, -0.25) is 9.59 Å². The van der Waals surface area contributed by atoms with Gasteiger partial charge in [0, 0.05) is 25.2 Å². The normalized spacial score (nSPS) is 18.6. The first-order valence-corrected chi connectivity index (χ1v) is 9.61. The van der Waals surface area contributed by atoms with Crippen LogP contribution in [0.2, 0.25) is 0 Å². The van der Waals surface area contributed by atoms with Crippen molar-refractivity contribution in [1.29, 1.82) is 0 Å². The number of amides is 2. The molecule has 2 amide bonds. The van der Waals surface area contributed by atoms with Gasteiger partial charge < -0.3 is 15.1 Å². The number of nitrogens with one attached hydrogen (secondary N) is 1. The number of piperidine rings is 1. The molecule has 0 saturated carbocycles. The van der Waals surface area contributed by atoms with Crippen LogP contribution in [-0.2, 0) is 16.0 Å². The first kappa shape index (κ1) is 17.9. The third kappa shape index (κ3) is 5.30. The van der Waals surface area contributed by atoms with E-state index in [4.69, 9.17) is 0 Å². The van der Waals surface area contributed by atoms with Crippen molar-refractivity contribution in [2.75, 3.05) is 37.6 Å². The van der Waals surface area contributed by atoms with Crippen molar-refractivity contribution in [2.24, 2.45) is 0 Å². The second-order valence-electron chi connectivity index (χ2n) is 7.10. The molecule has 5 heteroatoms. The molecule has 3 rings (SSSR count). The standard InChI is InChI=1S/C20H29N3O2/c24-19(21-11-5-14-22-12-2-1-3-13-22)16-17-7-9-18(10-8-17)23-15-4-6-20(23)25/h7-10H,1-6,11-16H2,(H,21,24). The van der Waals surface area contributed by atoms with E-state index in [1.165, 1.54) is 32.4 Å². The van der Waals surface area contributed by atoms with Crippen LogP contribution in [0.15, 0.2) is 24.3 Å². The molecule has 2 aliphatic rings. The van der Waals surface area contributed by atoms with E-state index in [0.717, 1.165) is 43.7 Å². The minimum Gasteiger partial charge on any atom is -0.356 e. The van der Waals surface area contributed by atoms with Gasteiger partial charge in [-0.15, -0.1) is 0 Å². The van der Waals surface area contributed by atoms with Crippen molar-refractivity contribution >= 4 is 17.5 Å². The number of likely N-dealkylation sites (tertiary alicyclic amines) is 1. The zero-order valence-electron chi connectivity index (χ0n) is 15.0. The molecule has 1 aromatic rings. The number of benzene rings is 1. The molecule has 2 aliphatic heterocycles. The predicted octanol–water partition coefficient (Wildman–Crippen LogP) is 2.35. The highest BCUT2D eigenvalue weighted by molar-refractivity contribution is 5.95. The second-order valence-corrected chi connectivity index (χ2v) is 7.10. The number of hydrogen-bond donors (Lipinski definition) is 1. The number of nitrogens with zero attached hydrogens (tertiary/aromatic N) is 2. The van der Waals surface area contributed by atoms with Crippen molar-refractivity contribution in [1.82, 2.24) is 10.2 Å². The Balaban J connectivity index is 1.36. The van der Waals surface area contributed by atoms with Crippen molar-refractivity contribution < 1.29 is 9.59 Å². The molecule has 0 unspecified atom stereocenters. The average Bonchev–Trinajstić information content (AvgIpc) is 3.06. The third-order valence-corrected chi connectivity index (χ3v) is 5.11. The van der Waals surface area contributed by atoms with Crippen LogP contribution in [0.4, 0.5) is 5.69 Å². The Morgan fingerprint density at radius 3 is 2.44 bits per heavy atom. The average molecular weight is 343 g/mol. The molecule has 0 atom stereocenters. The van der Waals surface area contributed by atoms with Crippen molar-refractivity contribution in [2.45, 2.75) is 44.9 Å².